The van der Waals surface area contributed by atoms with Gasteiger partial charge in [0.25, 0.3) is 5.91 Å². The maximum absolute atomic E-state index is 12.4. The van der Waals surface area contributed by atoms with Gasteiger partial charge in [-0.2, -0.15) is 0 Å². The van der Waals surface area contributed by atoms with Crippen LogP contribution in [0.3, 0.4) is 0 Å². The molecule has 0 saturated heterocycles. The van der Waals surface area contributed by atoms with Crippen molar-refractivity contribution < 1.29 is 24.2 Å². The van der Waals surface area contributed by atoms with Crippen molar-refractivity contribution >= 4 is 28.6 Å². The molecular weight excluding hydrogens is 322 g/mol. The summed E-state index contributed by atoms with van der Waals surface area (Å²) in [6.07, 6.45) is -0.0805. The number of rotatable bonds is 7. The molecule has 0 radical (unpaired) electrons. The smallest absolute Gasteiger partial charge is 0.326 e. The van der Waals surface area contributed by atoms with Crippen molar-refractivity contribution in [3.05, 3.63) is 48.0 Å². The summed E-state index contributed by atoms with van der Waals surface area (Å²) in [5, 5.41) is 13.8. The van der Waals surface area contributed by atoms with E-state index >= 15 is 0 Å². The molecule has 0 saturated carbocycles. The molecule has 0 unspecified atom stereocenters. The predicted molar refractivity (Wildman–Crippen MR) is 93.3 cm³/mol. The van der Waals surface area contributed by atoms with Gasteiger partial charge in [0.2, 0.25) is 0 Å². The van der Waals surface area contributed by atoms with E-state index in [1.54, 1.807) is 26.0 Å². The Morgan fingerprint density at radius 2 is 1.80 bits per heavy atom. The number of carboxylic acid groups (broad SMARTS) is 1. The zero-order valence-corrected chi connectivity index (χ0v) is 14.2. The lowest BCUT2D eigenvalue weighted by molar-refractivity contribution is -0.145. The zero-order chi connectivity index (χ0) is 18.4. The molecule has 1 amide bonds. The Bertz CT molecular complexity index is 786. The van der Waals surface area contributed by atoms with Crippen LogP contribution >= 0.6 is 0 Å². The van der Waals surface area contributed by atoms with Crippen LogP contribution in [0.25, 0.3) is 10.8 Å². The van der Waals surface area contributed by atoms with Crippen LogP contribution < -0.4 is 5.32 Å². The molecule has 2 aromatic rings. The molecule has 6 nitrogen and oxygen atoms in total. The Labute approximate surface area is 145 Å². The molecule has 0 fully saturated rings. The predicted octanol–water partition coefficient (Wildman–Crippen LogP) is 2.61. The second-order valence-electron chi connectivity index (χ2n) is 5.84. The van der Waals surface area contributed by atoms with Gasteiger partial charge >= 0.3 is 11.9 Å². The Balaban J connectivity index is 2.13. The van der Waals surface area contributed by atoms with E-state index in [-0.39, 0.29) is 13.0 Å². The molecule has 2 rings (SSSR count). The highest BCUT2D eigenvalue weighted by Crippen LogP contribution is 2.17. The number of carboxylic acids is 1. The fraction of sp³-hybridized carbons (Fsp3) is 0.316. The second kappa shape index (κ2) is 8.28. The Kier molecular flexibility index (Phi) is 6.11. The molecule has 0 aliphatic carbocycles. The van der Waals surface area contributed by atoms with Crippen LogP contribution in [-0.4, -0.2) is 35.6 Å². The summed E-state index contributed by atoms with van der Waals surface area (Å²) >= 11 is 0. The van der Waals surface area contributed by atoms with Gasteiger partial charge in [0.05, 0.1) is 13.0 Å². The van der Waals surface area contributed by atoms with Crippen LogP contribution in [0.2, 0.25) is 0 Å². The minimum atomic E-state index is -1.19. The molecular formula is C19H21NO5. The summed E-state index contributed by atoms with van der Waals surface area (Å²) in [6.45, 7) is 3.50. The van der Waals surface area contributed by atoms with Crippen molar-refractivity contribution in [2.24, 2.45) is 5.92 Å². The van der Waals surface area contributed by atoms with E-state index in [2.05, 4.69) is 5.32 Å². The number of hydrogen-bond donors (Lipinski definition) is 2. The van der Waals surface area contributed by atoms with Crippen LogP contribution in [0.5, 0.6) is 0 Å². The van der Waals surface area contributed by atoms with E-state index in [9.17, 15) is 19.5 Å². The standard InChI is InChI=1S/C19H21NO5/c1-3-25-16(21)10-12(2)17(19(23)24)20-18(22)15-9-8-13-6-4-5-7-14(13)11-15/h4-9,11-12,17H,3,10H2,1-2H3,(H,20,22)(H,23,24)/t12-,17+/m1/s1. The van der Waals surface area contributed by atoms with E-state index in [4.69, 9.17) is 4.74 Å². The third kappa shape index (κ3) is 4.79. The Hall–Kier alpha value is -2.89. The van der Waals surface area contributed by atoms with Crippen molar-refractivity contribution in [3.63, 3.8) is 0 Å². The lowest BCUT2D eigenvalue weighted by atomic mass is 9.97. The SMILES string of the molecule is CCOC(=O)C[C@@H](C)[C@H](NC(=O)c1ccc2ccccc2c1)C(=O)O. The number of carbonyl (C=O) groups excluding carboxylic acids is 2. The highest BCUT2D eigenvalue weighted by molar-refractivity contribution is 6.00. The largest absolute Gasteiger partial charge is 0.480 e. The first-order valence-corrected chi connectivity index (χ1v) is 8.10. The molecule has 0 heterocycles. The first kappa shape index (κ1) is 18.4. The van der Waals surface area contributed by atoms with Crippen LogP contribution in [0, 0.1) is 5.92 Å². The Morgan fingerprint density at radius 3 is 2.44 bits per heavy atom. The van der Waals surface area contributed by atoms with E-state index in [1.807, 2.05) is 30.3 Å². The van der Waals surface area contributed by atoms with Gasteiger partial charge in [0.15, 0.2) is 0 Å². The summed E-state index contributed by atoms with van der Waals surface area (Å²) in [7, 11) is 0. The molecule has 2 aromatic carbocycles. The van der Waals surface area contributed by atoms with Gasteiger partial charge in [0, 0.05) is 5.56 Å². The molecule has 0 aliphatic rings. The fourth-order valence-electron chi connectivity index (χ4n) is 2.60. The van der Waals surface area contributed by atoms with E-state index < -0.39 is 29.8 Å². The number of amides is 1. The summed E-state index contributed by atoms with van der Waals surface area (Å²) in [4.78, 5) is 35.5. The van der Waals surface area contributed by atoms with Crippen LogP contribution in [-0.2, 0) is 14.3 Å². The first-order chi connectivity index (χ1) is 11.9. The topological polar surface area (TPSA) is 92.7 Å². The van der Waals surface area contributed by atoms with E-state index in [0.29, 0.717) is 5.56 Å². The minimum absolute atomic E-state index is 0.0805. The summed E-state index contributed by atoms with van der Waals surface area (Å²) in [5.74, 6) is -2.76. The van der Waals surface area contributed by atoms with Crippen LogP contribution in [0.1, 0.15) is 30.6 Å². The van der Waals surface area contributed by atoms with Crippen molar-refractivity contribution in [3.8, 4) is 0 Å². The third-order valence-corrected chi connectivity index (χ3v) is 3.93. The van der Waals surface area contributed by atoms with Crippen LogP contribution in [0.4, 0.5) is 0 Å². The van der Waals surface area contributed by atoms with E-state index in [1.165, 1.54) is 0 Å². The Morgan fingerprint density at radius 1 is 1.12 bits per heavy atom. The highest BCUT2D eigenvalue weighted by atomic mass is 16.5. The summed E-state index contributed by atoms with van der Waals surface area (Å²) in [6, 6.07) is 11.6. The van der Waals surface area contributed by atoms with Gasteiger partial charge in [-0.25, -0.2) is 4.79 Å². The average molecular weight is 343 g/mol. The number of hydrogen-bond acceptors (Lipinski definition) is 4. The number of benzene rings is 2. The zero-order valence-electron chi connectivity index (χ0n) is 14.2. The number of nitrogens with one attached hydrogen (secondary N) is 1. The van der Waals surface area contributed by atoms with Crippen molar-refractivity contribution in [2.75, 3.05) is 6.61 Å². The quantitative estimate of drug-likeness (QED) is 0.754. The molecule has 0 aliphatic heterocycles. The summed E-state index contributed by atoms with van der Waals surface area (Å²) in [5.41, 5.74) is 0.369. The lowest BCUT2D eigenvalue weighted by Crippen LogP contribution is -2.45. The maximum Gasteiger partial charge on any atom is 0.326 e. The number of fused-ring (bicyclic) bond motifs is 1. The monoisotopic (exact) mass is 343 g/mol. The number of ether oxygens (including phenoxy) is 1. The van der Waals surface area contributed by atoms with Gasteiger partial charge in [-0.3, -0.25) is 9.59 Å². The molecule has 0 spiro atoms. The lowest BCUT2D eigenvalue weighted by Gasteiger charge is -2.21. The van der Waals surface area contributed by atoms with Crippen LogP contribution in [0.15, 0.2) is 42.5 Å². The highest BCUT2D eigenvalue weighted by Gasteiger charge is 2.29. The van der Waals surface area contributed by atoms with E-state index in [0.717, 1.165) is 10.8 Å². The first-order valence-electron chi connectivity index (χ1n) is 8.10. The number of esters is 1. The normalized spacial score (nSPS) is 13.0. The summed E-state index contributed by atoms with van der Waals surface area (Å²) < 4.78 is 4.84. The van der Waals surface area contributed by atoms with Gasteiger partial charge in [-0.15, -0.1) is 0 Å². The molecule has 25 heavy (non-hydrogen) atoms. The van der Waals surface area contributed by atoms with Gasteiger partial charge in [-0.1, -0.05) is 37.3 Å². The van der Waals surface area contributed by atoms with Gasteiger partial charge in [-0.05, 0) is 35.7 Å². The van der Waals surface area contributed by atoms with Crippen molar-refractivity contribution in [1.82, 2.24) is 5.32 Å². The number of aliphatic carboxylic acids is 1. The maximum atomic E-state index is 12.4. The number of carbonyl (C=O) groups is 3. The second-order valence-corrected chi connectivity index (χ2v) is 5.84. The minimum Gasteiger partial charge on any atom is -0.480 e. The fourth-order valence-corrected chi connectivity index (χ4v) is 2.60. The molecule has 6 heteroatoms. The van der Waals surface area contributed by atoms with Crippen molar-refractivity contribution in [2.45, 2.75) is 26.3 Å². The average Bonchev–Trinajstić information content (AvgIpc) is 2.58. The molecule has 132 valence electrons. The molecule has 0 bridgehead atoms. The molecule has 2 atom stereocenters. The third-order valence-electron chi connectivity index (χ3n) is 3.93. The van der Waals surface area contributed by atoms with Gasteiger partial charge < -0.3 is 15.2 Å². The van der Waals surface area contributed by atoms with Crippen molar-refractivity contribution in [1.29, 1.82) is 0 Å². The van der Waals surface area contributed by atoms with Gasteiger partial charge in [0.1, 0.15) is 6.04 Å². The molecule has 0 aromatic heterocycles. The molecule has 2 N–H and O–H groups in total.